The second-order valence-corrected chi connectivity index (χ2v) is 14.3. The van der Waals surface area contributed by atoms with Gasteiger partial charge in [0.1, 0.15) is 6.10 Å². The highest BCUT2D eigenvalue weighted by Gasteiger charge is 2.35. The number of carbonyl (C=O) groups is 2. The van der Waals surface area contributed by atoms with E-state index < -0.39 is 22.2 Å². The fourth-order valence-corrected chi connectivity index (χ4v) is 6.78. The van der Waals surface area contributed by atoms with Crippen LogP contribution in [0.4, 0.5) is 17.1 Å². The van der Waals surface area contributed by atoms with E-state index in [0.29, 0.717) is 36.6 Å². The van der Waals surface area contributed by atoms with Crippen LogP contribution in [0.3, 0.4) is 0 Å². The van der Waals surface area contributed by atoms with Crippen LogP contribution in [0, 0.1) is 12.8 Å². The van der Waals surface area contributed by atoms with Crippen LogP contribution in [0.15, 0.2) is 95.9 Å². The number of nitrogens with zero attached hydrogens (tertiary/aromatic N) is 2. The van der Waals surface area contributed by atoms with E-state index >= 15 is 0 Å². The molecule has 4 aromatic carbocycles. The topological polar surface area (TPSA) is 154 Å². The molecule has 0 aromatic heterocycles. The van der Waals surface area contributed by atoms with Gasteiger partial charge in [0, 0.05) is 31.1 Å². The number of para-hydroxylation sites is 3. The Bertz CT molecular complexity index is 1900. The van der Waals surface area contributed by atoms with Crippen molar-refractivity contribution in [2.75, 3.05) is 42.5 Å². The van der Waals surface area contributed by atoms with Crippen LogP contribution < -0.4 is 20.5 Å². The summed E-state index contributed by atoms with van der Waals surface area (Å²) in [7, 11) is -2.06. The third-order valence-electron chi connectivity index (χ3n) is 8.64. The van der Waals surface area contributed by atoms with Gasteiger partial charge in [0.05, 0.1) is 40.2 Å². The average Bonchev–Trinajstić information content (AvgIpc) is 3.07. The zero-order valence-corrected chi connectivity index (χ0v) is 28.9. The van der Waals surface area contributed by atoms with Crippen LogP contribution in [0.25, 0.3) is 0 Å². The number of sulfonamides is 1. The van der Waals surface area contributed by atoms with Gasteiger partial charge in [-0.1, -0.05) is 55.0 Å². The van der Waals surface area contributed by atoms with Crippen LogP contribution in [0.1, 0.15) is 45.7 Å². The SMILES string of the molecule is Cc1ccc(S(=O)(=O)Nc2cccc3c2O[C@H](CN(C)Cc2ccc(C(=O)Nc4ccccc4N)cc2)[C@H](C)CN([C@H](C)CO)C3=O)cc1. The molecule has 0 saturated heterocycles. The minimum absolute atomic E-state index is 0.0840. The largest absolute Gasteiger partial charge is 0.486 e. The van der Waals surface area contributed by atoms with Crippen LogP contribution in [0.2, 0.25) is 0 Å². The minimum Gasteiger partial charge on any atom is -0.486 e. The van der Waals surface area contributed by atoms with Crippen molar-refractivity contribution in [1.82, 2.24) is 9.80 Å². The number of fused-ring (bicyclic) bond motifs is 1. The van der Waals surface area contributed by atoms with Crippen molar-refractivity contribution in [3.8, 4) is 5.75 Å². The number of nitrogen functional groups attached to an aromatic ring is 1. The number of amides is 2. The summed E-state index contributed by atoms with van der Waals surface area (Å²) in [5.74, 6) is -0.673. The summed E-state index contributed by atoms with van der Waals surface area (Å²) in [6, 6.07) is 25.2. The van der Waals surface area contributed by atoms with Gasteiger partial charge in [-0.05, 0) is 75.0 Å². The van der Waals surface area contributed by atoms with Crippen molar-refractivity contribution in [1.29, 1.82) is 0 Å². The zero-order chi connectivity index (χ0) is 35.3. The average molecular weight is 686 g/mol. The quantitative estimate of drug-likeness (QED) is 0.161. The molecule has 12 heteroatoms. The molecule has 0 saturated carbocycles. The summed E-state index contributed by atoms with van der Waals surface area (Å²) in [5.41, 5.74) is 9.73. The highest BCUT2D eigenvalue weighted by molar-refractivity contribution is 7.92. The molecule has 0 aliphatic carbocycles. The lowest BCUT2D eigenvalue weighted by Gasteiger charge is -2.38. The third-order valence-corrected chi connectivity index (χ3v) is 10.0. The van der Waals surface area contributed by atoms with Gasteiger partial charge in [-0.25, -0.2) is 8.42 Å². The van der Waals surface area contributed by atoms with E-state index in [1.165, 1.54) is 12.1 Å². The molecule has 0 fully saturated rings. The normalized spacial score (nSPS) is 17.0. The van der Waals surface area contributed by atoms with Gasteiger partial charge in [-0.3, -0.25) is 19.2 Å². The van der Waals surface area contributed by atoms with Gasteiger partial charge >= 0.3 is 0 Å². The second-order valence-electron chi connectivity index (χ2n) is 12.7. The molecule has 4 aromatic rings. The zero-order valence-electron chi connectivity index (χ0n) is 28.1. The van der Waals surface area contributed by atoms with E-state index in [0.717, 1.165) is 11.1 Å². The first-order valence-electron chi connectivity index (χ1n) is 16.1. The molecular weight excluding hydrogens is 643 g/mol. The maximum atomic E-state index is 13.8. The van der Waals surface area contributed by atoms with Crippen molar-refractivity contribution in [3.63, 3.8) is 0 Å². The Balaban J connectivity index is 1.37. The molecule has 1 aliphatic heterocycles. The molecule has 11 nitrogen and oxygen atoms in total. The van der Waals surface area contributed by atoms with Crippen molar-refractivity contribution in [3.05, 3.63) is 113 Å². The van der Waals surface area contributed by atoms with Crippen molar-refractivity contribution < 1.29 is 27.9 Å². The third kappa shape index (κ3) is 8.40. The summed E-state index contributed by atoms with van der Waals surface area (Å²) in [6.07, 6.45) is -0.461. The maximum Gasteiger partial charge on any atom is 0.262 e. The van der Waals surface area contributed by atoms with Crippen molar-refractivity contribution in [2.24, 2.45) is 5.92 Å². The molecule has 258 valence electrons. The maximum absolute atomic E-state index is 13.8. The van der Waals surface area contributed by atoms with E-state index in [4.69, 9.17) is 10.5 Å². The molecule has 0 bridgehead atoms. The van der Waals surface area contributed by atoms with Gasteiger partial charge in [0.2, 0.25) is 0 Å². The van der Waals surface area contributed by atoms with Crippen molar-refractivity contribution >= 4 is 38.9 Å². The van der Waals surface area contributed by atoms with Gasteiger partial charge in [0.15, 0.2) is 5.75 Å². The number of anilines is 3. The molecule has 2 amide bonds. The van der Waals surface area contributed by atoms with Crippen LogP contribution in [-0.4, -0.2) is 74.0 Å². The van der Waals surface area contributed by atoms with Gasteiger partial charge in [-0.2, -0.15) is 0 Å². The lowest BCUT2D eigenvalue weighted by molar-refractivity contribution is 0.0344. The Labute approximate surface area is 287 Å². The minimum atomic E-state index is -4.00. The number of aryl methyl sites for hydroxylation is 1. The lowest BCUT2D eigenvalue weighted by Crippen LogP contribution is -2.49. The Morgan fingerprint density at radius 3 is 2.37 bits per heavy atom. The van der Waals surface area contributed by atoms with E-state index in [1.807, 2.05) is 33.0 Å². The molecule has 0 radical (unpaired) electrons. The number of rotatable bonds is 11. The summed E-state index contributed by atoms with van der Waals surface area (Å²) in [4.78, 5) is 30.4. The number of nitrogens with two attached hydrogens (primary N) is 1. The first-order chi connectivity index (χ1) is 23.4. The second kappa shape index (κ2) is 15.1. The van der Waals surface area contributed by atoms with E-state index in [9.17, 15) is 23.1 Å². The summed E-state index contributed by atoms with van der Waals surface area (Å²) < 4.78 is 36.1. The molecule has 1 aliphatic rings. The highest BCUT2D eigenvalue weighted by atomic mass is 32.2. The van der Waals surface area contributed by atoms with Gasteiger partial charge < -0.3 is 25.8 Å². The number of benzene rings is 4. The molecule has 3 atom stereocenters. The number of nitrogens with one attached hydrogen (secondary N) is 2. The number of hydrogen-bond donors (Lipinski definition) is 4. The van der Waals surface area contributed by atoms with E-state index in [2.05, 4.69) is 14.9 Å². The molecule has 49 heavy (non-hydrogen) atoms. The molecule has 5 N–H and O–H groups in total. The van der Waals surface area contributed by atoms with Crippen LogP contribution in [0.5, 0.6) is 5.75 Å². The standard InChI is InChI=1S/C37H43N5O6S/c1-24-12-18-29(19-13-24)49(46,47)40-33-11-7-8-30-35(33)48-34(25(2)20-42(37(30)45)26(3)23-43)22-41(4)21-27-14-16-28(17-15-27)36(44)39-32-10-6-5-9-31(32)38/h5-19,25-26,34,40,43H,20-23,38H2,1-4H3,(H,39,44)/t25-,26-,34-/m1/s1. The number of ether oxygens (including phenoxy) is 1. The molecule has 0 spiro atoms. The molecule has 1 heterocycles. The predicted octanol–water partition coefficient (Wildman–Crippen LogP) is 4.98. The van der Waals surface area contributed by atoms with Gasteiger partial charge in [0.25, 0.3) is 21.8 Å². The first kappa shape index (κ1) is 35.4. The monoisotopic (exact) mass is 685 g/mol. The Morgan fingerprint density at radius 2 is 1.69 bits per heavy atom. The Hall–Kier alpha value is -4.91. The smallest absolute Gasteiger partial charge is 0.262 e. The summed E-state index contributed by atoms with van der Waals surface area (Å²) >= 11 is 0. The number of aliphatic hydroxyl groups is 1. The van der Waals surface area contributed by atoms with E-state index in [1.54, 1.807) is 78.6 Å². The Morgan fingerprint density at radius 1 is 1.02 bits per heavy atom. The van der Waals surface area contributed by atoms with E-state index in [-0.39, 0.29) is 46.2 Å². The van der Waals surface area contributed by atoms with Gasteiger partial charge in [-0.15, -0.1) is 0 Å². The fourth-order valence-electron chi connectivity index (χ4n) is 5.71. The lowest BCUT2D eigenvalue weighted by atomic mass is 9.99. The number of carbonyl (C=O) groups excluding carboxylic acids is 2. The predicted molar refractivity (Wildman–Crippen MR) is 191 cm³/mol. The molecule has 0 unspecified atom stereocenters. The van der Waals surface area contributed by atoms with Crippen molar-refractivity contribution in [2.45, 2.75) is 44.4 Å². The van der Waals surface area contributed by atoms with Crippen LogP contribution >= 0.6 is 0 Å². The summed E-state index contributed by atoms with van der Waals surface area (Å²) in [5, 5.41) is 12.9. The molecular formula is C37H43N5O6S. The number of aliphatic hydroxyl groups excluding tert-OH is 1. The number of likely N-dealkylation sites (N-methyl/N-ethyl adjacent to an activating group) is 1. The first-order valence-corrected chi connectivity index (χ1v) is 17.6. The molecule has 5 rings (SSSR count). The van der Waals surface area contributed by atoms with Crippen LogP contribution in [-0.2, 0) is 16.6 Å². The fraction of sp³-hybridized carbons (Fsp3) is 0.297. The Kier molecular flexibility index (Phi) is 10.9. The highest BCUT2D eigenvalue weighted by Crippen LogP contribution is 2.36. The summed E-state index contributed by atoms with van der Waals surface area (Å²) in [6.45, 7) is 6.68. The number of hydrogen-bond acceptors (Lipinski definition) is 8.